The summed E-state index contributed by atoms with van der Waals surface area (Å²) in [5, 5.41) is 4.18. The predicted molar refractivity (Wildman–Crippen MR) is 72.3 cm³/mol. The number of fused-ring (bicyclic) bond motifs is 1. The Labute approximate surface area is 104 Å². The van der Waals surface area contributed by atoms with Crippen molar-refractivity contribution in [3.8, 4) is 11.3 Å². The van der Waals surface area contributed by atoms with Gasteiger partial charge in [0.2, 0.25) is 0 Å². The van der Waals surface area contributed by atoms with Crippen LogP contribution in [0.15, 0.2) is 35.0 Å². The van der Waals surface area contributed by atoms with Gasteiger partial charge in [-0.1, -0.05) is 12.1 Å². The highest BCUT2D eigenvalue weighted by Gasteiger charge is 2.08. The van der Waals surface area contributed by atoms with Crippen molar-refractivity contribution >= 4 is 22.4 Å². The number of rotatable bonds is 1. The number of hydrogen-bond donors (Lipinski definition) is 0. The van der Waals surface area contributed by atoms with Gasteiger partial charge in [0, 0.05) is 10.9 Å². The van der Waals surface area contributed by atoms with Crippen molar-refractivity contribution in [1.29, 1.82) is 0 Å². The van der Waals surface area contributed by atoms with E-state index in [-0.39, 0.29) is 0 Å². The van der Waals surface area contributed by atoms with Gasteiger partial charge in [-0.2, -0.15) is 11.3 Å². The third-order valence-corrected chi connectivity index (χ3v) is 3.55. The van der Waals surface area contributed by atoms with Crippen LogP contribution in [0.3, 0.4) is 0 Å². The quantitative estimate of drug-likeness (QED) is 0.643. The summed E-state index contributed by atoms with van der Waals surface area (Å²) in [5.41, 5.74) is 6.29. The second kappa shape index (κ2) is 3.93. The highest BCUT2D eigenvalue weighted by Crippen LogP contribution is 2.25. The lowest BCUT2D eigenvalue weighted by molar-refractivity contribution is 1.18. The molecule has 2 heterocycles. The normalized spacial score (nSPS) is 10.9. The molecule has 1 aromatic carbocycles. The molecule has 0 fully saturated rings. The molecule has 3 rings (SSSR count). The largest absolute Gasteiger partial charge is 0.249 e. The molecule has 3 heteroatoms. The summed E-state index contributed by atoms with van der Waals surface area (Å²) in [6.07, 6.45) is 0. The van der Waals surface area contributed by atoms with Crippen LogP contribution in [0.1, 0.15) is 11.3 Å². The number of aromatic nitrogens is 2. The monoisotopic (exact) mass is 240 g/mol. The predicted octanol–water partition coefficient (Wildman–Crippen LogP) is 3.98. The Bertz CT molecular complexity index is 672. The van der Waals surface area contributed by atoms with Crippen molar-refractivity contribution in [1.82, 2.24) is 9.97 Å². The smallest absolute Gasteiger partial charge is 0.0930 e. The molecule has 0 saturated heterocycles. The standard InChI is InChI=1S/C14H12N2S/c1-9-4-3-5-12-13(9)15-10(2)14(16-12)11-6-7-17-8-11/h3-8H,1-2H3. The zero-order valence-electron chi connectivity index (χ0n) is 9.77. The van der Waals surface area contributed by atoms with E-state index >= 15 is 0 Å². The molecule has 0 bridgehead atoms. The average Bonchev–Trinajstić information content (AvgIpc) is 2.83. The van der Waals surface area contributed by atoms with E-state index in [0.29, 0.717) is 0 Å². The highest BCUT2D eigenvalue weighted by atomic mass is 32.1. The van der Waals surface area contributed by atoms with Crippen LogP contribution in [0, 0.1) is 13.8 Å². The Kier molecular flexibility index (Phi) is 2.41. The van der Waals surface area contributed by atoms with E-state index in [0.717, 1.165) is 28.0 Å². The number of aryl methyl sites for hydroxylation is 2. The Morgan fingerprint density at radius 3 is 2.71 bits per heavy atom. The van der Waals surface area contributed by atoms with Gasteiger partial charge in [-0.05, 0) is 36.9 Å². The van der Waals surface area contributed by atoms with Crippen molar-refractivity contribution < 1.29 is 0 Å². The fraction of sp³-hybridized carbons (Fsp3) is 0.143. The van der Waals surface area contributed by atoms with Gasteiger partial charge in [0.25, 0.3) is 0 Å². The molecule has 0 atom stereocenters. The van der Waals surface area contributed by atoms with Crippen LogP contribution in [-0.2, 0) is 0 Å². The molecule has 0 saturated carbocycles. The molecular weight excluding hydrogens is 228 g/mol. The summed E-state index contributed by atoms with van der Waals surface area (Å²) < 4.78 is 0. The van der Waals surface area contributed by atoms with Gasteiger partial charge in [-0.15, -0.1) is 0 Å². The molecule has 2 nitrogen and oxygen atoms in total. The van der Waals surface area contributed by atoms with Crippen molar-refractivity contribution in [2.45, 2.75) is 13.8 Å². The second-order valence-electron chi connectivity index (χ2n) is 4.11. The van der Waals surface area contributed by atoms with Crippen LogP contribution in [0.25, 0.3) is 22.3 Å². The summed E-state index contributed by atoms with van der Waals surface area (Å²) in [4.78, 5) is 9.40. The van der Waals surface area contributed by atoms with Gasteiger partial charge in [-0.25, -0.2) is 9.97 Å². The molecule has 0 aliphatic heterocycles. The van der Waals surface area contributed by atoms with E-state index in [1.165, 1.54) is 5.56 Å². The Hall–Kier alpha value is -1.74. The van der Waals surface area contributed by atoms with E-state index in [2.05, 4.69) is 34.8 Å². The third kappa shape index (κ3) is 1.72. The van der Waals surface area contributed by atoms with Crippen molar-refractivity contribution in [3.05, 3.63) is 46.3 Å². The molecule has 0 spiro atoms. The van der Waals surface area contributed by atoms with E-state index < -0.39 is 0 Å². The van der Waals surface area contributed by atoms with Gasteiger partial charge < -0.3 is 0 Å². The van der Waals surface area contributed by atoms with Crippen LogP contribution < -0.4 is 0 Å². The molecule has 0 aliphatic rings. The van der Waals surface area contributed by atoms with Gasteiger partial charge in [0.1, 0.15) is 0 Å². The molecule has 0 N–H and O–H groups in total. The summed E-state index contributed by atoms with van der Waals surface area (Å²) in [6, 6.07) is 8.20. The minimum atomic E-state index is 0.969. The van der Waals surface area contributed by atoms with E-state index in [1.54, 1.807) is 11.3 Å². The van der Waals surface area contributed by atoms with Crippen LogP contribution >= 0.6 is 11.3 Å². The summed E-state index contributed by atoms with van der Waals surface area (Å²) in [6.45, 7) is 4.09. The first kappa shape index (κ1) is 10.4. The molecule has 84 valence electrons. The number of thiophene rings is 1. The minimum absolute atomic E-state index is 0.969. The fourth-order valence-electron chi connectivity index (χ4n) is 1.97. The van der Waals surface area contributed by atoms with Gasteiger partial charge >= 0.3 is 0 Å². The van der Waals surface area contributed by atoms with Gasteiger partial charge in [0.05, 0.1) is 22.4 Å². The number of benzene rings is 1. The van der Waals surface area contributed by atoms with E-state index in [1.807, 2.05) is 19.1 Å². The maximum absolute atomic E-state index is 4.72. The fourth-order valence-corrected chi connectivity index (χ4v) is 2.61. The first-order valence-corrected chi connectivity index (χ1v) is 6.46. The van der Waals surface area contributed by atoms with E-state index in [9.17, 15) is 0 Å². The number of hydrogen-bond acceptors (Lipinski definition) is 3. The van der Waals surface area contributed by atoms with Crippen molar-refractivity contribution in [2.24, 2.45) is 0 Å². The molecule has 2 aromatic heterocycles. The van der Waals surface area contributed by atoms with Crippen LogP contribution in [0.5, 0.6) is 0 Å². The molecule has 0 aliphatic carbocycles. The van der Waals surface area contributed by atoms with Crippen molar-refractivity contribution in [2.75, 3.05) is 0 Å². The lowest BCUT2D eigenvalue weighted by Gasteiger charge is -2.06. The summed E-state index contributed by atoms with van der Waals surface area (Å²) in [7, 11) is 0. The van der Waals surface area contributed by atoms with Gasteiger partial charge in [0.15, 0.2) is 0 Å². The Morgan fingerprint density at radius 1 is 1.06 bits per heavy atom. The first-order valence-electron chi connectivity index (χ1n) is 5.52. The molecule has 0 radical (unpaired) electrons. The Balaban J connectivity index is 2.32. The second-order valence-corrected chi connectivity index (χ2v) is 4.89. The van der Waals surface area contributed by atoms with Crippen molar-refractivity contribution in [3.63, 3.8) is 0 Å². The third-order valence-electron chi connectivity index (χ3n) is 2.87. The molecule has 0 unspecified atom stereocenters. The molecule has 0 amide bonds. The molecule has 3 aromatic rings. The lowest BCUT2D eigenvalue weighted by Crippen LogP contribution is -1.94. The highest BCUT2D eigenvalue weighted by molar-refractivity contribution is 7.08. The van der Waals surface area contributed by atoms with Crippen LogP contribution in [-0.4, -0.2) is 9.97 Å². The zero-order valence-corrected chi connectivity index (χ0v) is 10.6. The van der Waals surface area contributed by atoms with Gasteiger partial charge in [-0.3, -0.25) is 0 Å². The van der Waals surface area contributed by atoms with Crippen LogP contribution in [0.2, 0.25) is 0 Å². The number of nitrogens with zero attached hydrogens (tertiary/aromatic N) is 2. The first-order chi connectivity index (χ1) is 8.25. The van der Waals surface area contributed by atoms with Crippen LogP contribution in [0.4, 0.5) is 0 Å². The average molecular weight is 240 g/mol. The number of para-hydroxylation sites is 1. The minimum Gasteiger partial charge on any atom is -0.249 e. The maximum Gasteiger partial charge on any atom is 0.0930 e. The SMILES string of the molecule is Cc1nc2c(C)cccc2nc1-c1ccsc1. The maximum atomic E-state index is 4.72. The summed E-state index contributed by atoms with van der Waals surface area (Å²) >= 11 is 1.68. The molecule has 17 heavy (non-hydrogen) atoms. The topological polar surface area (TPSA) is 25.8 Å². The Morgan fingerprint density at radius 2 is 1.94 bits per heavy atom. The zero-order chi connectivity index (χ0) is 11.8. The van der Waals surface area contributed by atoms with E-state index in [4.69, 9.17) is 4.98 Å². The summed E-state index contributed by atoms with van der Waals surface area (Å²) in [5.74, 6) is 0. The lowest BCUT2D eigenvalue weighted by atomic mass is 10.1. The molecular formula is C14H12N2S.